The molecule has 0 aliphatic rings. The number of aliphatic hydroxyl groups is 1. The van der Waals surface area contributed by atoms with Gasteiger partial charge in [-0.15, -0.1) is 0 Å². The van der Waals surface area contributed by atoms with Crippen LogP contribution in [0.2, 0.25) is 0 Å². The largest absolute Gasteiger partial charge is 0.399 e. The van der Waals surface area contributed by atoms with Gasteiger partial charge in [0.1, 0.15) is 0 Å². The van der Waals surface area contributed by atoms with Crippen molar-refractivity contribution >= 4 is 0 Å². The van der Waals surface area contributed by atoms with E-state index < -0.39 is 0 Å². The standard InChI is InChI=1S/C7H17N3O2/c1-2-12-6-7(8)5-10(9)3-4-11/h5,11H,2-4,6,8-9H2,1H3/b7-5-. The van der Waals surface area contributed by atoms with Crippen molar-refractivity contribution in [3.8, 4) is 0 Å². The Labute approximate surface area is 72.6 Å². The molecule has 0 atom stereocenters. The lowest BCUT2D eigenvalue weighted by Crippen LogP contribution is -2.30. The van der Waals surface area contributed by atoms with Gasteiger partial charge >= 0.3 is 0 Å². The van der Waals surface area contributed by atoms with E-state index in [1.54, 1.807) is 6.20 Å². The highest BCUT2D eigenvalue weighted by Gasteiger charge is 1.93. The molecule has 0 heterocycles. The van der Waals surface area contributed by atoms with E-state index in [1.807, 2.05) is 6.92 Å². The molecule has 0 amide bonds. The Kier molecular flexibility index (Phi) is 6.45. The second-order valence-electron chi connectivity index (χ2n) is 2.30. The highest BCUT2D eigenvalue weighted by atomic mass is 16.5. The average Bonchev–Trinajstić information content (AvgIpc) is 2.01. The van der Waals surface area contributed by atoms with E-state index in [4.69, 9.17) is 21.4 Å². The second kappa shape index (κ2) is 6.90. The van der Waals surface area contributed by atoms with Gasteiger partial charge in [-0.25, -0.2) is 5.84 Å². The molecule has 0 saturated heterocycles. The topological polar surface area (TPSA) is 84.7 Å². The molecule has 0 rings (SSSR count). The summed E-state index contributed by atoms with van der Waals surface area (Å²) in [7, 11) is 0. The van der Waals surface area contributed by atoms with E-state index in [0.717, 1.165) is 0 Å². The van der Waals surface area contributed by atoms with Gasteiger partial charge in [-0.1, -0.05) is 0 Å². The second-order valence-corrected chi connectivity index (χ2v) is 2.30. The maximum Gasteiger partial charge on any atom is 0.0875 e. The number of nitrogens with zero attached hydrogens (tertiary/aromatic N) is 1. The first-order valence-corrected chi connectivity index (χ1v) is 3.86. The van der Waals surface area contributed by atoms with Gasteiger partial charge in [-0.2, -0.15) is 0 Å². The minimum atomic E-state index is 0.00884. The third kappa shape index (κ3) is 5.96. The van der Waals surface area contributed by atoms with Crippen molar-refractivity contribution in [2.75, 3.05) is 26.4 Å². The molecule has 0 aliphatic carbocycles. The molecule has 5 nitrogen and oxygen atoms in total. The zero-order chi connectivity index (χ0) is 9.40. The third-order valence-electron chi connectivity index (χ3n) is 1.16. The van der Waals surface area contributed by atoms with E-state index in [9.17, 15) is 0 Å². The van der Waals surface area contributed by atoms with Crippen LogP contribution in [0.3, 0.4) is 0 Å². The maximum atomic E-state index is 8.50. The highest BCUT2D eigenvalue weighted by Crippen LogP contribution is 1.88. The number of rotatable bonds is 6. The van der Waals surface area contributed by atoms with E-state index >= 15 is 0 Å². The fourth-order valence-electron chi connectivity index (χ4n) is 0.650. The number of hydrazine groups is 1. The van der Waals surface area contributed by atoms with Crippen molar-refractivity contribution in [3.63, 3.8) is 0 Å². The van der Waals surface area contributed by atoms with E-state index in [0.29, 0.717) is 25.5 Å². The van der Waals surface area contributed by atoms with Gasteiger partial charge in [0, 0.05) is 12.8 Å². The van der Waals surface area contributed by atoms with Gasteiger partial charge in [-0.05, 0) is 6.92 Å². The molecule has 0 radical (unpaired) electrons. The number of hydrogen-bond acceptors (Lipinski definition) is 5. The van der Waals surface area contributed by atoms with E-state index in [1.165, 1.54) is 5.01 Å². The summed E-state index contributed by atoms with van der Waals surface area (Å²) in [5.74, 6) is 5.42. The Hall–Kier alpha value is -0.780. The Morgan fingerprint density at radius 3 is 2.83 bits per heavy atom. The molecule has 12 heavy (non-hydrogen) atoms. The summed E-state index contributed by atoms with van der Waals surface area (Å²) >= 11 is 0. The van der Waals surface area contributed by atoms with Crippen molar-refractivity contribution in [2.45, 2.75) is 6.92 Å². The Balaban J connectivity index is 3.64. The average molecular weight is 175 g/mol. The van der Waals surface area contributed by atoms with E-state index in [2.05, 4.69) is 0 Å². The number of aliphatic hydroxyl groups excluding tert-OH is 1. The van der Waals surface area contributed by atoms with Gasteiger partial charge < -0.3 is 20.6 Å². The number of ether oxygens (including phenoxy) is 1. The molecule has 0 spiro atoms. The molecular weight excluding hydrogens is 158 g/mol. The van der Waals surface area contributed by atoms with Crippen molar-refractivity contribution in [1.29, 1.82) is 0 Å². The first kappa shape index (κ1) is 11.2. The summed E-state index contributed by atoms with van der Waals surface area (Å²) in [6.07, 6.45) is 1.55. The summed E-state index contributed by atoms with van der Waals surface area (Å²) in [6, 6.07) is 0. The number of hydrogen-bond donors (Lipinski definition) is 3. The summed E-state index contributed by atoms with van der Waals surface area (Å²) in [5, 5.41) is 9.83. The Morgan fingerprint density at radius 1 is 1.67 bits per heavy atom. The summed E-state index contributed by atoms with van der Waals surface area (Å²) in [5.41, 5.74) is 6.07. The lowest BCUT2D eigenvalue weighted by atomic mass is 10.5. The SMILES string of the molecule is CCOC/C(N)=C/N(N)CCO. The molecule has 0 aromatic carbocycles. The molecule has 0 bridgehead atoms. The molecule has 0 saturated carbocycles. The molecule has 0 fully saturated rings. The maximum absolute atomic E-state index is 8.50. The lowest BCUT2D eigenvalue weighted by Gasteiger charge is -2.12. The molecule has 0 aliphatic heterocycles. The van der Waals surface area contributed by atoms with Crippen molar-refractivity contribution in [1.82, 2.24) is 5.01 Å². The summed E-state index contributed by atoms with van der Waals surface area (Å²) in [6.45, 7) is 3.26. The quantitative estimate of drug-likeness (QED) is 0.356. The minimum absolute atomic E-state index is 0.00884. The van der Waals surface area contributed by atoms with Crippen molar-refractivity contribution in [2.24, 2.45) is 11.6 Å². The zero-order valence-corrected chi connectivity index (χ0v) is 7.36. The zero-order valence-electron chi connectivity index (χ0n) is 7.36. The lowest BCUT2D eigenvalue weighted by molar-refractivity contribution is 0.167. The minimum Gasteiger partial charge on any atom is -0.399 e. The fourth-order valence-corrected chi connectivity index (χ4v) is 0.650. The van der Waals surface area contributed by atoms with Crippen molar-refractivity contribution < 1.29 is 9.84 Å². The van der Waals surface area contributed by atoms with Gasteiger partial charge in [0.2, 0.25) is 0 Å². The predicted octanol–water partition coefficient (Wildman–Crippen LogP) is -1.01. The van der Waals surface area contributed by atoms with Crippen LogP contribution in [0.15, 0.2) is 11.9 Å². The van der Waals surface area contributed by atoms with Crippen molar-refractivity contribution in [3.05, 3.63) is 11.9 Å². The van der Waals surface area contributed by atoms with Crippen LogP contribution in [0, 0.1) is 0 Å². The van der Waals surface area contributed by atoms with Crippen LogP contribution in [0.1, 0.15) is 6.92 Å². The van der Waals surface area contributed by atoms with Gasteiger partial charge in [-0.3, -0.25) is 0 Å². The molecule has 0 aromatic rings. The summed E-state index contributed by atoms with van der Waals surface area (Å²) < 4.78 is 5.04. The molecular formula is C7H17N3O2. The highest BCUT2D eigenvalue weighted by molar-refractivity contribution is 4.94. The molecule has 0 aromatic heterocycles. The van der Waals surface area contributed by atoms with Crippen LogP contribution in [0.25, 0.3) is 0 Å². The molecule has 5 N–H and O–H groups in total. The first-order valence-electron chi connectivity index (χ1n) is 3.86. The predicted molar refractivity (Wildman–Crippen MR) is 46.7 cm³/mol. The van der Waals surface area contributed by atoms with Gasteiger partial charge in [0.25, 0.3) is 0 Å². The van der Waals surface area contributed by atoms with Gasteiger partial charge in [0.15, 0.2) is 0 Å². The smallest absolute Gasteiger partial charge is 0.0875 e. The number of nitrogens with two attached hydrogens (primary N) is 2. The Bertz CT molecular complexity index is 139. The van der Waals surface area contributed by atoms with Gasteiger partial charge in [0.05, 0.1) is 25.5 Å². The molecule has 0 unspecified atom stereocenters. The molecule has 5 heteroatoms. The van der Waals surface area contributed by atoms with Crippen LogP contribution in [-0.2, 0) is 4.74 Å². The van der Waals surface area contributed by atoms with Crippen LogP contribution < -0.4 is 11.6 Å². The summed E-state index contributed by atoms with van der Waals surface area (Å²) in [4.78, 5) is 0. The normalized spacial score (nSPS) is 11.8. The van der Waals surface area contributed by atoms with E-state index in [-0.39, 0.29) is 6.61 Å². The van der Waals surface area contributed by atoms with Crippen LogP contribution in [-0.4, -0.2) is 36.5 Å². The third-order valence-corrected chi connectivity index (χ3v) is 1.16. The molecule has 72 valence electrons. The monoisotopic (exact) mass is 175 g/mol. The Morgan fingerprint density at radius 2 is 2.33 bits per heavy atom. The van der Waals surface area contributed by atoms with Crippen LogP contribution >= 0.6 is 0 Å². The van der Waals surface area contributed by atoms with Crippen LogP contribution in [0.4, 0.5) is 0 Å². The fraction of sp³-hybridized carbons (Fsp3) is 0.714. The first-order chi connectivity index (χ1) is 5.70. The van der Waals surface area contributed by atoms with Crippen LogP contribution in [0.5, 0.6) is 0 Å².